The maximum atomic E-state index is 11.6. The largest absolute Gasteiger partial charge is 0.381 e. The van der Waals surface area contributed by atoms with Crippen LogP contribution >= 0.6 is 0 Å². The van der Waals surface area contributed by atoms with E-state index in [9.17, 15) is 8.42 Å². The Morgan fingerprint density at radius 3 is 2.90 bits per heavy atom. The van der Waals surface area contributed by atoms with Gasteiger partial charge in [0.05, 0.1) is 23.4 Å². The lowest BCUT2D eigenvalue weighted by Crippen LogP contribution is -2.30. The molecule has 6 nitrogen and oxygen atoms in total. The lowest BCUT2D eigenvalue weighted by atomic mass is 10.3. The van der Waals surface area contributed by atoms with Gasteiger partial charge in [-0.25, -0.2) is 18.1 Å². The van der Waals surface area contributed by atoms with Gasteiger partial charge in [0.15, 0.2) is 0 Å². The van der Waals surface area contributed by atoms with E-state index in [1.165, 1.54) is 0 Å². The maximum absolute atomic E-state index is 11.6. The topological polar surface area (TPSA) is 84.1 Å². The van der Waals surface area contributed by atoms with Gasteiger partial charge in [-0.05, 0) is 19.1 Å². The van der Waals surface area contributed by atoms with Crippen LogP contribution in [-0.4, -0.2) is 43.9 Å². The second-order valence-corrected chi connectivity index (χ2v) is 6.29. The molecule has 2 rings (SSSR count). The molecule has 110 valence electrons. The molecule has 0 radical (unpaired) electrons. The van der Waals surface area contributed by atoms with Gasteiger partial charge in [-0.2, -0.15) is 0 Å². The average molecular weight is 297 g/mol. The van der Waals surface area contributed by atoms with Crippen LogP contribution < -0.4 is 4.72 Å². The van der Waals surface area contributed by atoms with Gasteiger partial charge < -0.3 is 9.72 Å². The molecular weight excluding hydrogens is 278 g/mol. The number of imidazole rings is 1. The van der Waals surface area contributed by atoms with Crippen LogP contribution in [0.4, 0.5) is 0 Å². The Bertz CT molecular complexity index is 619. The van der Waals surface area contributed by atoms with Crippen LogP contribution in [0.1, 0.15) is 12.7 Å². The molecule has 0 aliphatic carbocycles. The molecular formula is C13H19N3O3S. The number of aromatic amines is 1. The number of fused-ring (bicyclic) bond motifs is 1. The van der Waals surface area contributed by atoms with Crippen LogP contribution in [0, 0.1) is 0 Å². The molecule has 0 aliphatic heterocycles. The van der Waals surface area contributed by atoms with Crippen molar-refractivity contribution in [3.8, 4) is 0 Å². The SMILES string of the molecule is CCOCCS(=O)(=O)NCCc1nc2ccccc2[nH]1. The van der Waals surface area contributed by atoms with Crippen molar-refractivity contribution in [1.82, 2.24) is 14.7 Å². The molecule has 1 aromatic carbocycles. The average Bonchev–Trinajstić information content (AvgIpc) is 2.81. The molecule has 0 unspecified atom stereocenters. The predicted molar refractivity (Wildman–Crippen MR) is 78.1 cm³/mol. The summed E-state index contributed by atoms with van der Waals surface area (Å²) in [5.41, 5.74) is 1.85. The number of rotatable bonds is 8. The predicted octanol–water partition coefficient (Wildman–Crippen LogP) is 1.06. The van der Waals surface area contributed by atoms with Crippen molar-refractivity contribution in [3.63, 3.8) is 0 Å². The van der Waals surface area contributed by atoms with Gasteiger partial charge in [0.1, 0.15) is 5.82 Å². The highest BCUT2D eigenvalue weighted by Gasteiger charge is 2.10. The normalized spacial score (nSPS) is 12.1. The zero-order valence-electron chi connectivity index (χ0n) is 11.4. The molecule has 2 N–H and O–H groups in total. The van der Waals surface area contributed by atoms with Crippen molar-refractivity contribution in [3.05, 3.63) is 30.1 Å². The molecule has 0 atom stereocenters. The standard InChI is InChI=1S/C13H19N3O3S/c1-2-19-9-10-20(17,18)14-8-7-13-15-11-5-3-4-6-12(11)16-13/h3-6,14H,2,7-10H2,1H3,(H,15,16). The molecule has 20 heavy (non-hydrogen) atoms. The van der Waals surface area contributed by atoms with Crippen molar-refractivity contribution in [1.29, 1.82) is 0 Å². The molecule has 2 aromatic rings. The monoisotopic (exact) mass is 297 g/mol. The van der Waals surface area contributed by atoms with E-state index in [2.05, 4.69) is 14.7 Å². The first-order chi connectivity index (χ1) is 9.61. The number of benzene rings is 1. The summed E-state index contributed by atoms with van der Waals surface area (Å²) in [7, 11) is -3.27. The first-order valence-corrected chi connectivity index (χ1v) is 8.24. The highest BCUT2D eigenvalue weighted by Crippen LogP contribution is 2.10. The van der Waals surface area contributed by atoms with Gasteiger partial charge in [0.2, 0.25) is 10.0 Å². The fraction of sp³-hybridized carbons (Fsp3) is 0.462. The number of aromatic nitrogens is 2. The highest BCUT2D eigenvalue weighted by atomic mass is 32.2. The molecule has 0 aliphatic rings. The van der Waals surface area contributed by atoms with E-state index in [4.69, 9.17) is 4.74 Å². The summed E-state index contributed by atoms with van der Waals surface area (Å²) in [5.74, 6) is 0.764. The fourth-order valence-corrected chi connectivity index (χ4v) is 2.73. The number of H-pyrrole nitrogens is 1. The molecule has 0 fully saturated rings. The number of hydrogen-bond acceptors (Lipinski definition) is 4. The zero-order valence-corrected chi connectivity index (χ0v) is 12.2. The minimum Gasteiger partial charge on any atom is -0.381 e. The van der Waals surface area contributed by atoms with Gasteiger partial charge >= 0.3 is 0 Å². The molecule has 0 amide bonds. The van der Waals surface area contributed by atoms with Crippen molar-refractivity contribution in [2.24, 2.45) is 0 Å². The number of para-hydroxylation sites is 2. The van der Waals surface area contributed by atoms with E-state index >= 15 is 0 Å². The fourth-order valence-electron chi connectivity index (χ4n) is 1.83. The lowest BCUT2D eigenvalue weighted by Gasteiger charge is -2.05. The number of nitrogens with zero attached hydrogens (tertiary/aromatic N) is 1. The van der Waals surface area contributed by atoms with Crippen LogP contribution in [0.5, 0.6) is 0 Å². The molecule has 0 bridgehead atoms. The van der Waals surface area contributed by atoms with Crippen molar-refractivity contribution in [2.45, 2.75) is 13.3 Å². The van der Waals surface area contributed by atoms with Crippen LogP contribution in [0.3, 0.4) is 0 Å². The third kappa shape index (κ3) is 4.29. The van der Waals surface area contributed by atoms with Crippen LogP contribution in [0.15, 0.2) is 24.3 Å². The first kappa shape index (κ1) is 15.0. The van der Waals surface area contributed by atoms with Crippen molar-refractivity contribution >= 4 is 21.1 Å². The lowest BCUT2D eigenvalue weighted by molar-refractivity contribution is 0.163. The van der Waals surface area contributed by atoms with Crippen LogP contribution in [0.25, 0.3) is 11.0 Å². The summed E-state index contributed by atoms with van der Waals surface area (Å²) in [6, 6.07) is 7.71. The van der Waals surface area contributed by atoms with Crippen molar-refractivity contribution < 1.29 is 13.2 Å². The maximum Gasteiger partial charge on any atom is 0.213 e. The molecule has 1 aromatic heterocycles. The Balaban J connectivity index is 1.83. The second kappa shape index (κ2) is 6.83. The summed E-state index contributed by atoms with van der Waals surface area (Å²) >= 11 is 0. The Hall–Kier alpha value is -1.44. The van der Waals surface area contributed by atoms with E-state index in [1.54, 1.807) is 0 Å². The quantitative estimate of drug-likeness (QED) is 0.714. The molecule has 0 saturated carbocycles. The van der Waals surface area contributed by atoms with Crippen LogP contribution in [-0.2, 0) is 21.2 Å². The molecule has 1 heterocycles. The summed E-state index contributed by atoms with van der Waals surface area (Å²) in [4.78, 5) is 7.56. The molecule has 0 saturated heterocycles. The summed E-state index contributed by atoms with van der Waals surface area (Å²) in [6.45, 7) is 2.90. The smallest absolute Gasteiger partial charge is 0.213 e. The van der Waals surface area contributed by atoms with E-state index in [0.717, 1.165) is 16.9 Å². The summed E-state index contributed by atoms with van der Waals surface area (Å²) in [5, 5.41) is 0. The van der Waals surface area contributed by atoms with E-state index in [-0.39, 0.29) is 12.4 Å². The summed E-state index contributed by atoms with van der Waals surface area (Å²) in [6.07, 6.45) is 0.530. The second-order valence-electron chi connectivity index (χ2n) is 4.36. The third-order valence-electron chi connectivity index (χ3n) is 2.82. The minimum atomic E-state index is -3.27. The van der Waals surface area contributed by atoms with E-state index in [0.29, 0.717) is 19.6 Å². The van der Waals surface area contributed by atoms with E-state index < -0.39 is 10.0 Å². The van der Waals surface area contributed by atoms with Gasteiger partial charge in [0.25, 0.3) is 0 Å². The Kier molecular flexibility index (Phi) is 5.11. The first-order valence-electron chi connectivity index (χ1n) is 6.59. The Morgan fingerprint density at radius 1 is 1.35 bits per heavy atom. The minimum absolute atomic E-state index is 0.0129. The number of ether oxygens (including phenoxy) is 1. The molecule has 0 spiro atoms. The van der Waals surface area contributed by atoms with Gasteiger partial charge in [-0.1, -0.05) is 12.1 Å². The Labute approximate surface area is 118 Å². The van der Waals surface area contributed by atoms with Gasteiger partial charge in [-0.15, -0.1) is 0 Å². The van der Waals surface area contributed by atoms with Crippen LogP contribution in [0.2, 0.25) is 0 Å². The van der Waals surface area contributed by atoms with E-state index in [1.807, 2.05) is 31.2 Å². The third-order valence-corrected chi connectivity index (χ3v) is 4.17. The zero-order chi connectivity index (χ0) is 14.4. The van der Waals surface area contributed by atoms with Crippen molar-refractivity contribution in [2.75, 3.05) is 25.5 Å². The van der Waals surface area contributed by atoms with Gasteiger partial charge in [0, 0.05) is 19.6 Å². The number of nitrogens with one attached hydrogen (secondary N) is 2. The summed E-state index contributed by atoms with van der Waals surface area (Å²) < 4.78 is 30.9. The number of sulfonamides is 1. The Morgan fingerprint density at radius 2 is 2.15 bits per heavy atom. The van der Waals surface area contributed by atoms with Gasteiger partial charge in [-0.3, -0.25) is 0 Å². The molecule has 7 heteroatoms. The number of hydrogen-bond donors (Lipinski definition) is 2. The highest BCUT2D eigenvalue weighted by molar-refractivity contribution is 7.89.